The summed E-state index contributed by atoms with van der Waals surface area (Å²) < 4.78 is 0. The molecule has 0 saturated carbocycles. The number of carbonyl (C=O) groups excluding carboxylic acids is 2. The van der Waals surface area contributed by atoms with Gasteiger partial charge in [0.15, 0.2) is 0 Å². The van der Waals surface area contributed by atoms with Gasteiger partial charge in [0.25, 0.3) is 11.6 Å². The lowest BCUT2D eigenvalue weighted by atomic mass is 10.1. The van der Waals surface area contributed by atoms with E-state index in [0.29, 0.717) is 11.1 Å². The Balaban J connectivity index is 2.11. The number of ketones is 2. The van der Waals surface area contributed by atoms with Crippen LogP contribution in [0.15, 0.2) is 48.5 Å². The first-order valence-corrected chi connectivity index (χ1v) is 16.2. The number of Topliss-reactive ketones (excluding diaryl/α,β-unsaturated/α-hetero) is 2. The Morgan fingerprint density at radius 3 is 1.27 bits per heavy atom. The molecule has 6 nitrogen and oxygen atoms in total. The van der Waals surface area contributed by atoms with Crippen molar-refractivity contribution in [2.75, 3.05) is 0 Å². The Kier molecular flexibility index (Phi) is 7.48. The third-order valence-corrected chi connectivity index (χ3v) is 12.9. The summed E-state index contributed by atoms with van der Waals surface area (Å²) in [4.78, 5) is 29.2. The average Bonchev–Trinajstić information content (AvgIpc) is 2.73. The molecule has 0 bridgehead atoms. The molecule has 0 aromatic heterocycles. The smallest absolute Gasteiger partial charge is 0.328 e. The normalized spacial score (nSPS) is 11.2. The summed E-state index contributed by atoms with van der Waals surface area (Å²) in [6, 6.07) is 17.5. The van der Waals surface area contributed by atoms with Crippen LogP contribution in [0.2, 0.25) is 38.3 Å². The van der Waals surface area contributed by atoms with Crippen LogP contribution in [0.3, 0.4) is 0 Å². The maximum absolute atomic E-state index is 11.8. The van der Waals surface area contributed by atoms with Gasteiger partial charge in [-0.15, -0.1) is 0 Å². The third kappa shape index (κ3) is 5.75. The molecular weight excluding hydrogens is 408 g/mol. The van der Waals surface area contributed by atoms with Gasteiger partial charge in [0.2, 0.25) is 0 Å². The van der Waals surface area contributed by atoms with Gasteiger partial charge in [-0.3, -0.25) is 9.59 Å². The summed E-state index contributed by atoms with van der Waals surface area (Å²) in [5.74, 6) is -0.631. The molecular formula is C22H26N4O2Si2. The zero-order chi connectivity index (χ0) is 22.4. The Bertz CT molecular complexity index is 946. The molecule has 0 heterocycles. The molecule has 2 aromatic rings. The Labute approximate surface area is 178 Å². The molecule has 0 atom stereocenters. The lowest BCUT2D eigenvalue weighted by Gasteiger charge is -2.29. The average molecular weight is 435 g/mol. The van der Waals surface area contributed by atoms with Crippen LogP contribution in [0.4, 0.5) is 0 Å². The second kappa shape index (κ2) is 9.65. The minimum Gasteiger partial charge on any atom is -0.361 e. The van der Waals surface area contributed by atoms with Crippen LogP contribution in [-0.4, -0.2) is 49.7 Å². The molecule has 8 heteroatoms. The first-order chi connectivity index (χ1) is 14.1. The summed E-state index contributed by atoms with van der Waals surface area (Å²) in [6.45, 7) is 9.33. The van der Waals surface area contributed by atoms with Crippen LogP contribution >= 0.6 is 0 Å². The number of benzene rings is 2. The van der Waals surface area contributed by atoms with Crippen LogP contribution in [0, 0.1) is 0 Å². The van der Waals surface area contributed by atoms with Crippen molar-refractivity contribution in [1.29, 1.82) is 0 Å². The largest absolute Gasteiger partial charge is 0.361 e. The van der Waals surface area contributed by atoms with E-state index in [2.05, 4.69) is 35.8 Å². The van der Waals surface area contributed by atoms with Gasteiger partial charge < -0.3 is 11.1 Å². The van der Waals surface area contributed by atoms with Gasteiger partial charge in [-0.1, -0.05) is 97.2 Å². The van der Waals surface area contributed by atoms with E-state index in [9.17, 15) is 9.59 Å². The topological polar surface area (TPSA) is 107 Å². The van der Waals surface area contributed by atoms with E-state index < -0.39 is 16.1 Å². The van der Waals surface area contributed by atoms with E-state index in [1.165, 1.54) is 10.4 Å². The predicted octanol–water partition coefficient (Wildman–Crippen LogP) is 3.18. The Morgan fingerprint density at radius 2 is 1.00 bits per heavy atom. The van der Waals surface area contributed by atoms with Crippen LogP contribution in [-0.2, 0) is 0 Å². The van der Waals surface area contributed by atoms with Gasteiger partial charge in [-0.2, -0.15) is 9.58 Å². The van der Waals surface area contributed by atoms with Crippen LogP contribution in [0.25, 0.3) is 11.1 Å². The van der Waals surface area contributed by atoms with Crippen LogP contribution in [0.5, 0.6) is 0 Å². The number of carbonyl (C=O) groups is 2. The van der Waals surface area contributed by atoms with Crippen LogP contribution in [0.1, 0.15) is 20.7 Å². The van der Waals surface area contributed by atoms with E-state index >= 15 is 0 Å². The molecule has 0 unspecified atom stereocenters. The molecule has 2 rings (SSSR count). The molecule has 0 N–H and O–H groups in total. The first-order valence-electron chi connectivity index (χ1n) is 9.75. The highest BCUT2D eigenvalue weighted by atomic mass is 28.3. The van der Waals surface area contributed by atoms with E-state index in [0.717, 1.165) is 24.5 Å². The fourth-order valence-electron chi connectivity index (χ4n) is 3.34. The molecule has 0 aliphatic carbocycles. The molecule has 0 aliphatic rings. The van der Waals surface area contributed by atoms with Crippen molar-refractivity contribution in [3.8, 4) is 0 Å². The summed E-state index contributed by atoms with van der Waals surface area (Å²) in [6.07, 6.45) is 1.81. The highest BCUT2D eigenvalue weighted by molar-refractivity contribution is 6.94. The quantitative estimate of drug-likeness (QED) is 0.199. The minimum absolute atomic E-state index is 0.316. The molecule has 2 aromatic carbocycles. The van der Waals surface area contributed by atoms with Gasteiger partial charge in [0.1, 0.15) is 0 Å². The lowest BCUT2D eigenvalue weighted by Crippen LogP contribution is -2.47. The van der Waals surface area contributed by atoms with Gasteiger partial charge in [0.05, 0.1) is 16.1 Å². The highest BCUT2D eigenvalue weighted by Gasteiger charge is 2.30. The Hall–Kier alpha value is -3.03. The lowest BCUT2D eigenvalue weighted by molar-refractivity contribution is 0.00214. The number of rotatable bonds is 9. The second-order valence-corrected chi connectivity index (χ2v) is 18.3. The molecule has 0 amide bonds. The summed E-state index contributed by atoms with van der Waals surface area (Å²) >= 11 is 0. The predicted molar refractivity (Wildman–Crippen MR) is 125 cm³/mol. The van der Waals surface area contributed by atoms with E-state index in [1.54, 1.807) is 24.3 Å². The molecule has 0 aliphatic heterocycles. The molecule has 0 fully saturated rings. The second-order valence-electron chi connectivity index (χ2n) is 8.64. The molecule has 0 spiro atoms. The van der Waals surface area contributed by atoms with E-state index in [4.69, 9.17) is 11.1 Å². The molecule has 0 saturated heterocycles. The van der Waals surface area contributed by atoms with Gasteiger partial charge >= 0.3 is 12.4 Å². The first kappa shape index (κ1) is 23.3. The summed E-state index contributed by atoms with van der Waals surface area (Å²) in [5.41, 5.74) is 18.1. The van der Waals surface area contributed by atoms with Crippen molar-refractivity contribution in [3.05, 3.63) is 70.7 Å². The van der Waals surface area contributed by atoms with Crippen molar-refractivity contribution in [1.82, 2.24) is 0 Å². The van der Waals surface area contributed by atoms with E-state index in [-0.39, 0.29) is 11.6 Å². The molecule has 0 radical (unpaired) electrons. The monoisotopic (exact) mass is 434 g/mol. The molecule has 30 heavy (non-hydrogen) atoms. The van der Waals surface area contributed by atoms with Crippen molar-refractivity contribution in [3.63, 3.8) is 0 Å². The van der Waals surface area contributed by atoms with Crippen molar-refractivity contribution in [2.24, 2.45) is 0 Å². The van der Waals surface area contributed by atoms with Gasteiger partial charge in [-0.25, -0.2) is 0 Å². The van der Waals surface area contributed by atoms with Crippen molar-refractivity contribution < 1.29 is 19.2 Å². The zero-order valence-corrected chi connectivity index (χ0v) is 19.8. The number of hydrogen-bond acceptors (Lipinski definition) is 2. The van der Waals surface area contributed by atoms with Crippen molar-refractivity contribution >= 4 is 50.5 Å². The number of nitrogens with zero attached hydrogens (tertiary/aromatic N) is 4. The van der Waals surface area contributed by atoms with Gasteiger partial charge in [-0.05, 0) is 0 Å². The summed E-state index contributed by atoms with van der Waals surface area (Å²) in [5, 5.41) is 2.57. The number of hydrogen-bond donors (Lipinski definition) is 0. The summed E-state index contributed by atoms with van der Waals surface area (Å²) in [7, 11) is -3.39. The SMILES string of the molecule is C[Si](C)(CC[Si](C)(C)c1ccc(C(=O)C=[N+]=[N-])cc1)c1ccc(C(=O)C=[N+]=[N-])cc1. The molecule has 154 valence electrons. The maximum Gasteiger partial charge on any atom is 0.328 e. The van der Waals surface area contributed by atoms with E-state index in [1.807, 2.05) is 24.3 Å². The standard InChI is InChI=1S/C22H26N4O2Si2/c1-29(2,19-9-5-17(6-10-19)21(27)15-25-23)13-14-30(3,4)20-11-7-18(8-12-20)22(28)16-26-24/h5-12,15-16H,13-14H2,1-4H3. The van der Waals surface area contributed by atoms with Crippen molar-refractivity contribution in [2.45, 2.75) is 38.3 Å². The van der Waals surface area contributed by atoms with Crippen LogP contribution < -0.4 is 10.4 Å². The Morgan fingerprint density at radius 1 is 0.700 bits per heavy atom. The zero-order valence-electron chi connectivity index (χ0n) is 17.8. The third-order valence-electron chi connectivity index (χ3n) is 5.63. The maximum atomic E-state index is 11.8. The fraction of sp³-hybridized carbons (Fsp3) is 0.273. The minimum atomic E-state index is -1.70. The fourth-order valence-corrected chi connectivity index (χ4v) is 11.1. The highest BCUT2D eigenvalue weighted by Crippen LogP contribution is 2.21. The van der Waals surface area contributed by atoms with Gasteiger partial charge in [0, 0.05) is 11.1 Å².